The van der Waals surface area contributed by atoms with Gasteiger partial charge < -0.3 is 5.32 Å². The molecule has 0 saturated carbocycles. The maximum atomic E-state index is 14.3. The Morgan fingerprint density at radius 1 is 1.24 bits per heavy atom. The fourth-order valence-electron chi connectivity index (χ4n) is 2.25. The lowest BCUT2D eigenvalue weighted by molar-refractivity contribution is 0.496. The number of hydrogen-bond donors (Lipinski definition) is 1. The summed E-state index contributed by atoms with van der Waals surface area (Å²) in [7, 11) is 0. The van der Waals surface area contributed by atoms with Gasteiger partial charge in [-0.2, -0.15) is 0 Å². The van der Waals surface area contributed by atoms with E-state index in [2.05, 4.69) is 21.2 Å². The minimum Gasteiger partial charge on any atom is -0.310 e. The van der Waals surface area contributed by atoms with E-state index < -0.39 is 0 Å². The Morgan fingerprint density at radius 2 is 2.00 bits per heavy atom. The van der Waals surface area contributed by atoms with Gasteiger partial charge in [0.1, 0.15) is 11.6 Å². The Morgan fingerprint density at radius 3 is 2.71 bits per heavy atom. The molecule has 0 aliphatic carbocycles. The molecule has 2 aromatic carbocycles. The van der Waals surface area contributed by atoms with Crippen molar-refractivity contribution in [2.45, 2.75) is 19.4 Å². The zero-order chi connectivity index (χ0) is 15.4. The summed E-state index contributed by atoms with van der Waals surface area (Å²) < 4.78 is 28.5. The maximum absolute atomic E-state index is 14.3. The van der Waals surface area contributed by atoms with Gasteiger partial charge in [0.05, 0.1) is 4.47 Å². The standard InChI is InChI=1S/C16H15BrClF2N/c1-2-21-15(12-4-3-5-13(17)16(12)20)9-10-8-11(18)6-7-14(10)19/h3-8,15,21H,2,9H2,1H3. The molecule has 112 valence electrons. The molecule has 1 atom stereocenters. The molecule has 0 bridgehead atoms. The molecule has 0 aromatic heterocycles. The summed E-state index contributed by atoms with van der Waals surface area (Å²) in [5.74, 6) is -0.663. The molecule has 0 heterocycles. The lowest BCUT2D eigenvalue weighted by Crippen LogP contribution is -2.24. The third-order valence-electron chi connectivity index (χ3n) is 3.24. The topological polar surface area (TPSA) is 12.0 Å². The zero-order valence-corrected chi connectivity index (χ0v) is 13.8. The molecule has 1 N–H and O–H groups in total. The first-order valence-corrected chi connectivity index (χ1v) is 7.81. The molecule has 0 aliphatic rings. The third kappa shape index (κ3) is 4.02. The predicted molar refractivity (Wildman–Crippen MR) is 85.6 cm³/mol. The molecule has 1 nitrogen and oxygen atoms in total. The maximum Gasteiger partial charge on any atom is 0.142 e. The predicted octanol–water partition coefficient (Wildman–Crippen LogP) is 5.27. The second-order valence-corrected chi connectivity index (χ2v) is 5.98. The number of halogens is 4. The molecule has 0 radical (unpaired) electrons. The van der Waals surface area contributed by atoms with E-state index in [1.807, 2.05) is 6.92 Å². The molecular weight excluding hydrogens is 360 g/mol. The van der Waals surface area contributed by atoms with Gasteiger partial charge in [-0.3, -0.25) is 0 Å². The quantitative estimate of drug-likeness (QED) is 0.751. The normalized spacial score (nSPS) is 12.4. The highest BCUT2D eigenvalue weighted by molar-refractivity contribution is 9.10. The van der Waals surface area contributed by atoms with Crippen LogP contribution < -0.4 is 5.32 Å². The smallest absolute Gasteiger partial charge is 0.142 e. The van der Waals surface area contributed by atoms with Crippen molar-refractivity contribution in [1.29, 1.82) is 0 Å². The van der Waals surface area contributed by atoms with Crippen LogP contribution in [0.1, 0.15) is 24.1 Å². The Hall–Kier alpha value is -0.970. The molecule has 0 amide bonds. The average molecular weight is 375 g/mol. The van der Waals surface area contributed by atoms with Crippen LogP contribution in [-0.2, 0) is 6.42 Å². The molecule has 5 heteroatoms. The first kappa shape index (κ1) is 16.4. The summed E-state index contributed by atoms with van der Waals surface area (Å²) in [4.78, 5) is 0. The van der Waals surface area contributed by atoms with Crippen molar-refractivity contribution in [3.05, 3.63) is 68.7 Å². The van der Waals surface area contributed by atoms with Crippen LogP contribution in [-0.4, -0.2) is 6.54 Å². The second-order valence-electron chi connectivity index (χ2n) is 4.69. The van der Waals surface area contributed by atoms with Crippen molar-refractivity contribution < 1.29 is 8.78 Å². The van der Waals surface area contributed by atoms with E-state index >= 15 is 0 Å². The van der Waals surface area contributed by atoms with E-state index in [9.17, 15) is 8.78 Å². The molecule has 2 aromatic rings. The average Bonchev–Trinajstić information content (AvgIpc) is 2.45. The van der Waals surface area contributed by atoms with Crippen molar-refractivity contribution in [3.63, 3.8) is 0 Å². The summed E-state index contributed by atoms with van der Waals surface area (Å²) in [6.45, 7) is 2.58. The highest BCUT2D eigenvalue weighted by Gasteiger charge is 2.18. The van der Waals surface area contributed by atoms with E-state index in [4.69, 9.17) is 11.6 Å². The lowest BCUT2D eigenvalue weighted by atomic mass is 9.98. The van der Waals surface area contributed by atoms with Gasteiger partial charge in [0.2, 0.25) is 0 Å². The van der Waals surface area contributed by atoms with Gasteiger partial charge in [0.15, 0.2) is 0 Å². The minimum absolute atomic E-state index is 0.319. The van der Waals surface area contributed by atoms with Crippen molar-refractivity contribution >= 4 is 27.5 Å². The van der Waals surface area contributed by atoms with Crippen LogP contribution in [0, 0.1) is 11.6 Å². The van der Waals surface area contributed by atoms with Gasteiger partial charge in [0, 0.05) is 16.6 Å². The van der Waals surface area contributed by atoms with E-state index in [1.54, 1.807) is 24.3 Å². The van der Waals surface area contributed by atoms with Crippen LogP contribution in [0.25, 0.3) is 0 Å². The lowest BCUT2D eigenvalue weighted by Gasteiger charge is -2.20. The molecule has 0 fully saturated rings. The summed E-state index contributed by atoms with van der Waals surface area (Å²) in [5, 5.41) is 3.66. The van der Waals surface area contributed by atoms with Crippen molar-refractivity contribution in [3.8, 4) is 0 Å². The molecule has 0 spiro atoms. The molecule has 21 heavy (non-hydrogen) atoms. The summed E-state index contributed by atoms with van der Waals surface area (Å²) >= 11 is 9.09. The molecular formula is C16H15BrClF2N. The van der Waals surface area contributed by atoms with E-state index in [-0.39, 0.29) is 17.7 Å². The van der Waals surface area contributed by atoms with Crippen LogP contribution in [0.4, 0.5) is 8.78 Å². The van der Waals surface area contributed by atoms with Crippen molar-refractivity contribution in [1.82, 2.24) is 5.32 Å². The van der Waals surface area contributed by atoms with Gasteiger partial charge in [-0.05, 0) is 58.7 Å². The van der Waals surface area contributed by atoms with Gasteiger partial charge in [-0.15, -0.1) is 0 Å². The number of rotatable bonds is 5. The summed E-state index contributed by atoms with van der Waals surface area (Å²) in [6, 6.07) is 9.21. The van der Waals surface area contributed by atoms with Gasteiger partial charge in [0.25, 0.3) is 0 Å². The minimum atomic E-state index is -0.335. The highest BCUT2D eigenvalue weighted by Crippen LogP contribution is 2.27. The molecule has 1 unspecified atom stereocenters. The molecule has 0 aliphatic heterocycles. The SMILES string of the molecule is CCNC(Cc1cc(Cl)ccc1F)c1cccc(Br)c1F. The van der Waals surface area contributed by atoms with Crippen LogP contribution in [0.3, 0.4) is 0 Å². The first-order valence-electron chi connectivity index (χ1n) is 6.64. The third-order valence-corrected chi connectivity index (χ3v) is 4.09. The van der Waals surface area contributed by atoms with Gasteiger partial charge in [-0.1, -0.05) is 30.7 Å². The summed E-state index contributed by atoms with van der Waals surface area (Å²) in [6.07, 6.45) is 0.327. The Bertz CT molecular complexity index is 634. The largest absolute Gasteiger partial charge is 0.310 e. The Labute approximate surface area is 136 Å². The van der Waals surface area contributed by atoms with Crippen molar-refractivity contribution in [2.24, 2.45) is 0 Å². The van der Waals surface area contributed by atoms with Crippen LogP contribution in [0.5, 0.6) is 0 Å². The van der Waals surface area contributed by atoms with Crippen LogP contribution in [0.15, 0.2) is 40.9 Å². The fraction of sp³-hybridized carbons (Fsp3) is 0.250. The Balaban J connectivity index is 2.35. The second kappa shape index (κ2) is 7.34. The van der Waals surface area contributed by atoms with E-state index in [1.165, 1.54) is 12.1 Å². The summed E-state index contributed by atoms with van der Waals surface area (Å²) in [5.41, 5.74) is 0.971. The van der Waals surface area contributed by atoms with Gasteiger partial charge >= 0.3 is 0 Å². The van der Waals surface area contributed by atoms with Crippen LogP contribution in [0.2, 0.25) is 5.02 Å². The molecule has 2 rings (SSSR count). The molecule has 0 saturated heterocycles. The van der Waals surface area contributed by atoms with Crippen LogP contribution >= 0.6 is 27.5 Å². The number of likely N-dealkylation sites (N-methyl/N-ethyl adjacent to an activating group) is 1. The number of nitrogens with one attached hydrogen (secondary N) is 1. The first-order chi connectivity index (χ1) is 10.0. The Kier molecular flexibility index (Phi) is 5.73. The van der Waals surface area contributed by atoms with Crippen molar-refractivity contribution in [2.75, 3.05) is 6.54 Å². The number of hydrogen-bond acceptors (Lipinski definition) is 1. The highest BCUT2D eigenvalue weighted by atomic mass is 79.9. The van der Waals surface area contributed by atoms with E-state index in [0.717, 1.165) is 0 Å². The number of benzene rings is 2. The fourth-order valence-corrected chi connectivity index (χ4v) is 2.82. The monoisotopic (exact) mass is 373 g/mol. The van der Waals surface area contributed by atoms with Gasteiger partial charge in [-0.25, -0.2) is 8.78 Å². The zero-order valence-electron chi connectivity index (χ0n) is 11.5. The van der Waals surface area contributed by atoms with E-state index in [0.29, 0.717) is 33.6 Å².